The minimum atomic E-state index is -0.388. The van der Waals surface area contributed by atoms with Gasteiger partial charge < -0.3 is 10.0 Å². The highest BCUT2D eigenvalue weighted by Crippen LogP contribution is 2.22. The van der Waals surface area contributed by atoms with E-state index >= 15 is 0 Å². The van der Waals surface area contributed by atoms with E-state index in [2.05, 4.69) is 55.8 Å². The van der Waals surface area contributed by atoms with Crippen LogP contribution < -0.4 is 10.0 Å². The fourth-order valence-electron chi connectivity index (χ4n) is 2.09. The van der Waals surface area contributed by atoms with Crippen molar-refractivity contribution in [2.24, 2.45) is 0 Å². The molecular weight excluding hydrogens is 366 g/mol. The van der Waals surface area contributed by atoms with Gasteiger partial charge in [0.15, 0.2) is 0 Å². The minimum absolute atomic E-state index is 0.109. The summed E-state index contributed by atoms with van der Waals surface area (Å²) < 4.78 is 25.6. The highest BCUT2D eigenvalue weighted by Gasteiger charge is 2.12. The van der Waals surface area contributed by atoms with E-state index in [1.807, 2.05) is 12.1 Å². The van der Waals surface area contributed by atoms with Gasteiger partial charge in [-0.2, -0.15) is 0 Å². The molecule has 6 heteroatoms. The van der Waals surface area contributed by atoms with Gasteiger partial charge in [-0.3, -0.25) is 9.18 Å². The number of carbonyl (C=O) groups is 1. The number of halogens is 2. The van der Waals surface area contributed by atoms with E-state index in [0.717, 1.165) is 5.56 Å². The summed E-state index contributed by atoms with van der Waals surface area (Å²) in [5.41, 5.74) is 2.64. The first-order chi connectivity index (χ1) is 12.8. The third-order valence-corrected chi connectivity index (χ3v) is 3.88. The van der Waals surface area contributed by atoms with Gasteiger partial charge in [-0.1, -0.05) is 63.9 Å². The molecule has 27 heavy (non-hydrogen) atoms. The summed E-state index contributed by atoms with van der Waals surface area (Å²) in [5, 5.41) is 2.72. The van der Waals surface area contributed by atoms with Crippen LogP contribution in [0.4, 0.5) is 8.78 Å². The van der Waals surface area contributed by atoms with Gasteiger partial charge in [-0.25, -0.2) is 4.39 Å². The van der Waals surface area contributed by atoms with E-state index in [0.29, 0.717) is 25.8 Å². The molecule has 0 saturated carbocycles. The lowest BCUT2D eigenvalue weighted by atomic mass is 9.87. The Kier molecular flexibility index (Phi) is 12.1. The van der Waals surface area contributed by atoms with Crippen LogP contribution >= 0.6 is 12.8 Å². The van der Waals surface area contributed by atoms with Gasteiger partial charge in [0, 0.05) is 12.6 Å². The van der Waals surface area contributed by atoms with Gasteiger partial charge in [0.1, 0.15) is 5.83 Å². The number of nitrogens with one attached hydrogen (secondary N) is 2. The van der Waals surface area contributed by atoms with Gasteiger partial charge in [0.25, 0.3) is 0 Å². The smallest absolute Gasteiger partial charge is 0.244 e. The number of hydrogen-bond acceptors (Lipinski definition) is 3. The molecule has 2 N–H and O–H groups in total. The highest BCUT2D eigenvalue weighted by atomic mass is 32.1. The average Bonchev–Trinajstić information content (AvgIpc) is 2.66. The third kappa shape index (κ3) is 9.99. The maximum Gasteiger partial charge on any atom is 0.244 e. The SMILES string of the molecule is C/C=C(NS)\C(F)=C/CCNC(=O)/C=C/c1ccc(C(C)(C)C)cc1.CF. The van der Waals surface area contributed by atoms with Crippen molar-refractivity contribution >= 4 is 24.8 Å². The molecule has 0 radical (unpaired) electrons. The molecule has 1 aromatic carbocycles. The lowest BCUT2D eigenvalue weighted by Crippen LogP contribution is -2.21. The second-order valence-electron chi connectivity index (χ2n) is 6.65. The van der Waals surface area contributed by atoms with Gasteiger partial charge in [0.2, 0.25) is 5.91 Å². The second-order valence-corrected chi connectivity index (χ2v) is 6.87. The summed E-state index contributed by atoms with van der Waals surface area (Å²) in [6.45, 7) is 8.56. The number of amides is 1. The second kappa shape index (κ2) is 13.1. The molecule has 0 aliphatic heterocycles. The standard InChI is InChI=1S/C20H27FN2OS.CH3F/c1-5-18(23-25)17(21)7-6-14-22-19(24)13-10-15-8-11-16(12-9-15)20(2,3)4;1-2/h5,7-13,23,25H,6,14H2,1-4H3,(H,22,24);1H3/b13-10+,17-7+,18-5+;. The molecule has 0 heterocycles. The summed E-state index contributed by atoms with van der Waals surface area (Å²) in [6.07, 6.45) is 6.65. The molecule has 1 rings (SSSR count). The van der Waals surface area contributed by atoms with Crippen LogP contribution in [0.25, 0.3) is 6.08 Å². The predicted octanol–water partition coefficient (Wildman–Crippen LogP) is 5.28. The molecule has 1 amide bonds. The Morgan fingerprint density at radius 2 is 1.78 bits per heavy atom. The Hall–Kier alpha value is -2.08. The van der Waals surface area contributed by atoms with E-state index in [-0.39, 0.29) is 17.1 Å². The first-order valence-corrected chi connectivity index (χ1v) is 9.09. The molecule has 0 aliphatic carbocycles. The van der Waals surface area contributed by atoms with Crippen LogP contribution in [-0.2, 0) is 10.2 Å². The van der Waals surface area contributed by atoms with Crippen molar-refractivity contribution in [1.29, 1.82) is 0 Å². The molecule has 0 bridgehead atoms. The number of carbonyl (C=O) groups excluding carboxylic acids is 1. The number of hydrogen-bond donors (Lipinski definition) is 3. The summed E-state index contributed by atoms with van der Waals surface area (Å²) >= 11 is 3.82. The molecule has 0 aliphatic rings. The van der Waals surface area contributed by atoms with Crippen LogP contribution in [-0.4, -0.2) is 19.6 Å². The van der Waals surface area contributed by atoms with Crippen molar-refractivity contribution in [3.05, 3.63) is 65.1 Å². The van der Waals surface area contributed by atoms with Crippen molar-refractivity contribution in [3.63, 3.8) is 0 Å². The Morgan fingerprint density at radius 1 is 1.19 bits per heavy atom. The molecule has 0 spiro atoms. The van der Waals surface area contributed by atoms with E-state index < -0.39 is 0 Å². The maximum atomic E-state index is 13.6. The largest absolute Gasteiger partial charge is 0.352 e. The Morgan fingerprint density at radius 3 is 2.26 bits per heavy atom. The first-order valence-electron chi connectivity index (χ1n) is 8.64. The summed E-state index contributed by atoms with van der Waals surface area (Å²) in [4.78, 5) is 11.8. The van der Waals surface area contributed by atoms with Crippen molar-refractivity contribution < 1.29 is 13.6 Å². The monoisotopic (exact) mass is 396 g/mol. The van der Waals surface area contributed by atoms with Crippen LogP contribution in [0.5, 0.6) is 0 Å². The lowest BCUT2D eigenvalue weighted by Gasteiger charge is -2.18. The first kappa shape index (κ1) is 24.9. The number of thiol groups is 1. The Labute approximate surface area is 167 Å². The third-order valence-electron chi connectivity index (χ3n) is 3.64. The van der Waals surface area contributed by atoms with Crippen LogP contribution in [0.15, 0.2) is 54.0 Å². The number of rotatable bonds is 7. The zero-order valence-electron chi connectivity index (χ0n) is 16.6. The normalized spacial score (nSPS) is 12.4. The summed E-state index contributed by atoms with van der Waals surface area (Å²) in [6, 6.07) is 8.12. The van der Waals surface area contributed by atoms with Crippen molar-refractivity contribution in [2.75, 3.05) is 13.7 Å². The Balaban J connectivity index is 0.00000326. The van der Waals surface area contributed by atoms with E-state index in [4.69, 9.17) is 0 Å². The number of alkyl halides is 1. The number of allylic oxidation sites excluding steroid dienone is 2. The van der Waals surface area contributed by atoms with Crippen LogP contribution in [0.1, 0.15) is 45.2 Å². The quantitative estimate of drug-likeness (QED) is 0.254. The highest BCUT2D eigenvalue weighted by molar-refractivity contribution is 7.78. The molecule has 0 fully saturated rings. The van der Waals surface area contributed by atoms with Crippen molar-refractivity contribution in [2.45, 2.75) is 39.5 Å². The lowest BCUT2D eigenvalue weighted by molar-refractivity contribution is -0.116. The van der Waals surface area contributed by atoms with E-state index in [9.17, 15) is 13.6 Å². The van der Waals surface area contributed by atoms with Crippen LogP contribution in [0.3, 0.4) is 0 Å². The molecule has 0 unspecified atom stereocenters. The van der Waals surface area contributed by atoms with E-state index in [1.165, 1.54) is 17.7 Å². The molecule has 0 aromatic heterocycles. The molecular formula is C21H30F2N2OS. The zero-order valence-corrected chi connectivity index (χ0v) is 17.5. The molecule has 3 nitrogen and oxygen atoms in total. The Bertz CT molecular complexity index is 660. The molecule has 1 aromatic rings. The predicted molar refractivity (Wildman–Crippen MR) is 114 cm³/mol. The average molecular weight is 397 g/mol. The number of benzene rings is 1. The topological polar surface area (TPSA) is 41.1 Å². The molecule has 0 atom stereocenters. The summed E-state index contributed by atoms with van der Waals surface area (Å²) in [5.74, 6) is -0.589. The van der Waals surface area contributed by atoms with Crippen molar-refractivity contribution in [1.82, 2.24) is 10.0 Å². The minimum Gasteiger partial charge on any atom is -0.352 e. The van der Waals surface area contributed by atoms with E-state index in [1.54, 1.807) is 19.1 Å². The fraction of sp³-hybridized carbons (Fsp3) is 0.381. The molecule has 0 saturated heterocycles. The van der Waals surface area contributed by atoms with Crippen LogP contribution in [0.2, 0.25) is 0 Å². The zero-order chi connectivity index (χ0) is 20.9. The molecule has 150 valence electrons. The van der Waals surface area contributed by atoms with Gasteiger partial charge in [-0.05, 0) is 42.0 Å². The maximum absolute atomic E-state index is 13.6. The van der Waals surface area contributed by atoms with Gasteiger partial charge in [0.05, 0.1) is 12.9 Å². The van der Waals surface area contributed by atoms with Crippen LogP contribution in [0, 0.1) is 0 Å². The van der Waals surface area contributed by atoms with Gasteiger partial charge >= 0.3 is 0 Å². The summed E-state index contributed by atoms with van der Waals surface area (Å²) in [7, 11) is 0.500. The van der Waals surface area contributed by atoms with Crippen molar-refractivity contribution in [3.8, 4) is 0 Å². The fourth-order valence-corrected chi connectivity index (χ4v) is 2.32. The van der Waals surface area contributed by atoms with Gasteiger partial charge in [-0.15, -0.1) is 0 Å².